The van der Waals surface area contributed by atoms with E-state index in [1.54, 1.807) is 24.4 Å². The fourth-order valence-corrected chi connectivity index (χ4v) is 3.29. The number of anilines is 1. The normalized spacial score (nSPS) is 10.6. The van der Waals surface area contributed by atoms with Crippen LogP contribution in [0.2, 0.25) is 0 Å². The molecule has 0 atom stereocenters. The third-order valence-corrected chi connectivity index (χ3v) is 4.45. The molecule has 0 aliphatic heterocycles. The first-order chi connectivity index (χ1) is 11.5. The Morgan fingerprint density at radius 1 is 1.08 bits per heavy atom. The Balaban J connectivity index is 1.96. The maximum Gasteiger partial charge on any atom is 0.339 e. The molecule has 3 aromatic rings. The summed E-state index contributed by atoms with van der Waals surface area (Å²) in [6, 6.07) is 10.8. The molecule has 6 heteroatoms. The highest BCUT2D eigenvalue weighted by Gasteiger charge is 2.22. The van der Waals surface area contributed by atoms with Crippen LogP contribution in [0.1, 0.15) is 32.2 Å². The van der Waals surface area contributed by atoms with E-state index in [1.807, 2.05) is 31.2 Å². The van der Waals surface area contributed by atoms with Gasteiger partial charge in [0.05, 0.1) is 0 Å². The van der Waals surface area contributed by atoms with Crippen molar-refractivity contribution in [1.82, 2.24) is 0 Å². The minimum Gasteiger partial charge on any atom is -0.478 e. The SMILES string of the molecule is Cc1ccc(-c2csc(NC(=O)c3ccc(C)o3)c2C(=O)O)cc1. The van der Waals surface area contributed by atoms with Gasteiger partial charge in [0.15, 0.2) is 5.76 Å². The van der Waals surface area contributed by atoms with Crippen LogP contribution in [0, 0.1) is 13.8 Å². The van der Waals surface area contributed by atoms with E-state index in [1.165, 1.54) is 11.3 Å². The number of amides is 1. The van der Waals surface area contributed by atoms with Gasteiger partial charge in [-0.2, -0.15) is 0 Å². The fraction of sp³-hybridized carbons (Fsp3) is 0.111. The van der Waals surface area contributed by atoms with Crippen LogP contribution in [0.5, 0.6) is 0 Å². The molecule has 1 aromatic carbocycles. The summed E-state index contributed by atoms with van der Waals surface area (Å²) in [5, 5.41) is 14.2. The predicted molar refractivity (Wildman–Crippen MR) is 92.8 cm³/mol. The first kappa shape index (κ1) is 16.0. The van der Waals surface area contributed by atoms with Crippen molar-refractivity contribution in [3.8, 4) is 11.1 Å². The lowest BCUT2D eigenvalue weighted by Crippen LogP contribution is -2.12. The zero-order valence-corrected chi connectivity index (χ0v) is 13.9. The van der Waals surface area contributed by atoms with Gasteiger partial charge in [0.25, 0.3) is 5.91 Å². The Labute approximate surface area is 142 Å². The third-order valence-electron chi connectivity index (χ3n) is 3.56. The van der Waals surface area contributed by atoms with Gasteiger partial charge in [-0.3, -0.25) is 4.79 Å². The Kier molecular flexibility index (Phi) is 4.22. The zero-order valence-electron chi connectivity index (χ0n) is 13.1. The molecule has 0 aliphatic carbocycles. The topological polar surface area (TPSA) is 79.5 Å². The van der Waals surface area contributed by atoms with Crippen molar-refractivity contribution in [2.24, 2.45) is 0 Å². The quantitative estimate of drug-likeness (QED) is 0.728. The van der Waals surface area contributed by atoms with E-state index < -0.39 is 11.9 Å². The number of carboxylic acids is 1. The number of carbonyl (C=O) groups is 2. The molecule has 0 radical (unpaired) electrons. The molecule has 0 bridgehead atoms. The number of aromatic carboxylic acids is 1. The standard InChI is InChI=1S/C18H15NO4S/c1-10-3-6-12(7-4-10)13-9-24-17(15(13)18(21)22)19-16(20)14-8-5-11(2)23-14/h3-9H,1-2H3,(H,19,20)(H,21,22). The molecule has 0 unspecified atom stereocenters. The first-order valence-corrected chi connectivity index (χ1v) is 8.13. The lowest BCUT2D eigenvalue weighted by atomic mass is 10.0. The summed E-state index contributed by atoms with van der Waals surface area (Å²) in [6.07, 6.45) is 0. The average Bonchev–Trinajstić information content (AvgIpc) is 3.14. The van der Waals surface area contributed by atoms with Crippen molar-refractivity contribution in [3.63, 3.8) is 0 Å². The van der Waals surface area contributed by atoms with Gasteiger partial charge in [-0.25, -0.2) is 4.79 Å². The molecular formula is C18H15NO4S. The number of carboxylic acid groups (broad SMARTS) is 1. The second kappa shape index (κ2) is 6.33. The van der Waals surface area contributed by atoms with Crippen LogP contribution in [-0.2, 0) is 0 Å². The largest absolute Gasteiger partial charge is 0.478 e. The maximum atomic E-state index is 12.2. The summed E-state index contributed by atoms with van der Waals surface area (Å²) in [7, 11) is 0. The molecule has 0 fully saturated rings. The molecule has 122 valence electrons. The van der Waals surface area contributed by atoms with E-state index in [4.69, 9.17) is 4.42 Å². The summed E-state index contributed by atoms with van der Waals surface area (Å²) in [6.45, 7) is 3.70. The number of furan rings is 1. The lowest BCUT2D eigenvalue weighted by molar-refractivity contribution is 0.0699. The maximum absolute atomic E-state index is 12.2. The van der Waals surface area contributed by atoms with Crippen molar-refractivity contribution < 1.29 is 19.1 Å². The van der Waals surface area contributed by atoms with Crippen LogP contribution in [0.25, 0.3) is 11.1 Å². The number of nitrogens with one attached hydrogen (secondary N) is 1. The average molecular weight is 341 g/mol. The van der Waals surface area contributed by atoms with Gasteiger partial charge in [0.2, 0.25) is 0 Å². The monoisotopic (exact) mass is 341 g/mol. The van der Waals surface area contributed by atoms with E-state index in [0.717, 1.165) is 11.1 Å². The molecule has 0 aliphatic rings. The van der Waals surface area contributed by atoms with Crippen molar-refractivity contribution in [2.45, 2.75) is 13.8 Å². The van der Waals surface area contributed by atoms with Crippen LogP contribution in [0.3, 0.4) is 0 Å². The third kappa shape index (κ3) is 3.09. The number of rotatable bonds is 4. The molecule has 0 saturated heterocycles. The highest BCUT2D eigenvalue weighted by atomic mass is 32.1. The van der Waals surface area contributed by atoms with Crippen molar-refractivity contribution >= 4 is 28.2 Å². The molecular weight excluding hydrogens is 326 g/mol. The summed E-state index contributed by atoms with van der Waals surface area (Å²) in [4.78, 5) is 23.9. The molecule has 24 heavy (non-hydrogen) atoms. The molecule has 2 aromatic heterocycles. The fourth-order valence-electron chi connectivity index (χ4n) is 2.33. The molecule has 2 heterocycles. The van der Waals surface area contributed by atoms with Crippen LogP contribution in [-0.4, -0.2) is 17.0 Å². The van der Waals surface area contributed by atoms with Gasteiger partial charge in [-0.1, -0.05) is 29.8 Å². The Hall–Kier alpha value is -2.86. The molecule has 2 N–H and O–H groups in total. The lowest BCUT2D eigenvalue weighted by Gasteiger charge is -2.05. The van der Waals surface area contributed by atoms with Gasteiger partial charge in [0.1, 0.15) is 16.3 Å². The smallest absolute Gasteiger partial charge is 0.339 e. The molecule has 1 amide bonds. The molecule has 0 saturated carbocycles. The van der Waals surface area contributed by atoms with Gasteiger partial charge in [0, 0.05) is 10.9 Å². The molecule has 3 rings (SSSR count). The van der Waals surface area contributed by atoms with Crippen LogP contribution < -0.4 is 5.32 Å². The number of benzene rings is 1. The first-order valence-electron chi connectivity index (χ1n) is 7.25. The number of thiophene rings is 1. The summed E-state index contributed by atoms with van der Waals surface area (Å²) in [5.41, 5.74) is 2.55. The zero-order chi connectivity index (χ0) is 17.3. The minimum absolute atomic E-state index is 0.0838. The number of aryl methyl sites for hydroxylation is 2. The number of carbonyl (C=O) groups excluding carboxylic acids is 1. The second-order valence-electron chi connectivity index (χ2n) is 5.39. The highest BCUT2D eigenvalue weighted by molar-refractivity contribution is 7.15. The Morgan fingerprint density at radius 2 is 1.79 bits per heavy atom. The highest BCUT2D eigenvalue weighted by Crippen LogP contribution is 2.36. The van der Waals surface area contributed by atoms with Crippen molar-refractivity contribution in [2.75, 3.05) is 5.32 Å². The number of hydrogen-bond donors (Lipinski definition) is 2. The van der Waals surface area contributed by atoms with E-state index in [0.29, 0.717) is 11.3 Å². The van der Waals surface area contributed by atoms with E-state index >= 15 is 0 Å². The van der Waals surface area contributed by atoms with Crippen LogP contribution in [0.15, 0.2) is 46.2 Å². The summed E-state index contributed by atoms with van der Waals surface area (Å²) < 4.78 is 5.27. The van der Waals surface area contributed by atoms with Gasteiger partial charge in [-0.05, 0) is 31.5 Å². The van der Waals surface area contributed by atoms with Gasteiger partial charge in [-0.15, -0.1) is 11.3 Å². The van der Waals surface area contributed by atoms with E-state index in [9.17, 15) is 14.7 Å². The number of hydrogen-bond acceptors (Lipinski definition) is 4. The Bertz CT molecular complexity index is 906. The molecule has 5 nitrogen and oxygen atoms in total. The van der Waals surface area contributed by atoms with Crippen molar-refractivity contribution in [3.05, 3.63) is 64.4 Å². The van der Waals surface area contributed by atoms with Gasteiger partial charge >= 0.3 is 5.97 Å². The molecule has 0 spiro atoms. The second-order valence-corrected chi connectivity index (χ2v) is 6.27. The van der Waals surface area contributed by atoms with E-state index in [2.05, 4.69) is 5.32 Å². The van der Waals surface area contributed by atoms with Gasteiger partial charge < -0.3 is 14.8 Å². The van der Waals surface area contributed by atoms with Crippen LogP contribution >= 0.6 is 11.3 Å². The van der Waals surface area contributed by atoms with E-state index in [-0.39, 0.29) is 16.3 Å². The summed E-state index contributed by atoms with van der Waals surface area (Å²) >= 11 is 1.18. The van der Waals surface area contributed by atoms with Crippen LogP contribution in [0.4, 0.5) is 5.00 Å². The summed E-state index contributed by atoms with van der Waals surface area (Å²) in [5.74, 6) is -0.792. The van der Waals surface area contributed by atoms with Crippen molar-refractivity contribution in [1.29, 1.82) is 0 Å². The Morgan fingerprint density at radius 3 is 2.38 bits per heavy atom. The predicted octanol–water partition coefficient (Wildman–Crippen LogP) is 4.58. The minimum atomic E-state index is -1.09.